The molecular weight excluding hydrogens is 478 g/mol. The number of aromatic nitrogens is 1. The number of rotatable bonds is 7. The summed E-state index contributed by atoms with van der Waals surface area (Å²) in [5.41, 5.74) is 4.85. The molecule has 0 radical (unpaired) electrons. The van der Waals surface area contributed by atoms with Crippen LogP contribution in [0.4, 0.5) is 0 Å². The molecule has 2 amide bonds. The highest BCUT2D eigenvalue weighted by Gasteiger charge is 2.15. The smallest absolute Gasteiger partial charge is 0.267 e. The monoisotopic (exact) mass is 501 g/mol. The second-order valence-electron chi connectivity index (χ2n) is 7.71. The van der Waals surface area contributed by atoms with E-state index in [1.807, 2.05) is 55.5 Å². The standard InChI is InChI=1S/C27H24BrN3O2/c1-18-22(23-9-5-6-10-24(23)30-18)15-16-29-27(33)25(17-19-7-3-2-4-8-19)31-26(32)20-11-13-21(28)14-12-20/h2-14,17,30H,15-16H2,1H3,(H,29,33)(H,31,32). The normalized spacial score (nSPS) is 11.4. The number of halogens is 1. The highest BCUT2D eigenvalue weighted by atomic mass is 79.9. The van der Waals surface area contributed by atoms with Crippen molar-refractivity contribution in [3.63, 3.8) is 0 Å². The van der Waals surface area contributed by atoms with Gasteiger partial charge in [-0.05, 0) is 60.9 Å². The minimum absolute atomic E-state index is 0.199. The fourth-order valence-corrected chi connectivity index (χ4v) is 3.99. The molecule has 3 N–H and O–H groups in total. The molecule has 0 aliphatic carbocycles. The average molecular weight is 502 g/mol. The van der Waals surface area contributed by atoms with E-state index in [0.29, 0.717) is 18.5 Å². The summed E-state index contributed by atoms with van der Waals surface area (Å²) in [7, 11) is 0. The van der Waals surface area contributed by atoms with E-state index in [4.69, 9.17) is 0 Å². The van der Waals surface area contributed by atoms with E-state index >= 15 is 0 Å². The third-order valence-electron chi connectivity index (χ3n) is 5.40. The number of para-hydroxylation sites is 1. The number of H-pyrrole nitrogens is 1. The molecule has 33 heavy (non-hydrogen) atoms. The number of carbonyl (C=O) groups excluding carboxylic acids is 2. The van der Waals surface area contributed by atoms with Gasteiger partial charge in [0.1, 0.15) is 5.70 Å². The van der Waals surface area contributed by atoms with Gasteiger partial charge in [-0.3, -0.25) is 9.59 Å². The molecule has 166 valence electrons. The maximum Gasteiger partial charge on any atom is 0.267 e. The molecule has 3 aromatic carbocycles. The van der Waals surface area contributed by atoms with Gasteiger partial charge in [0.25, 0.3) is 11.8 Å². The summed E-state index contributed by atoms with van der Waals surface area (Å²) >= 11 is 3.37. The van der Waals surface area contributed by atoms with Crippen molar-refractivity contribution in [2.45, 2.75) is 13.3 Å². The Hall–Kier alpha value is -3.64. The first-order valence-electron chi connectivity index (χ1n) is 10.7. The quantitative estimate of drug-likeness (QED) is 0.298. The van der Waals surface area contributed by atoms with Crippen molar-refractivity contribution >= 4 is 44.7 Å². The molecule has 0 saturated carbocycles. The van der Waals surface area contributed by atoms with E-state index in [1.54, 1.807) is 30.3 Å². The third-order valence-corrected chi connectivity index (χ3v) is 5.93. The second kappa shape index (κ2) is 10.3. The van der Waals surface area contributed by atoms with E-state index in [9.17, 15) is 9.59 Å². The fourth-order valence-electron chi connectivity index (χ4n) is 3.72. The molecule has 0 saturated heterocycles. The minimum atomic E-state index is -0.340. The maximum atomic E-state index is 13.0. The first-order valence-corrected chi connectivity index (χ1v) is 11.5. The van der Waals surface area contributed by atoms with Crippen molar-refractivity contribution in [1.29, 1.82) is 0 Å². The van der Waals surface area contributed by atoms with Crippen LogP contribution in [-0.2, 0) is 11.2 Å². The highest BCUT2D eigenvalue weighted by Crippen LogP contribution is 2.22. The summed E-state index contributed by atoms with van der Waals surface area (Å²) in [4.78, 5) is 29.2. The van der Waals surface area contributed by atoms with Crippen molar-refractivity contribution < 1.29 is 9.59 Å². The third kappa shape index (κ3) is 5.59. The van der Waals surface area contributed by atoms with Crippen LogP contribution < -0.4 is 10.6 Å². The molecule has 0 aliphatic heterocycles. The number of hydrogen-bond donors (Lipinski definition) is 3. The van der Waals surface area contributed by atoms with Crippen LogP contribution in [0, 0.1) is 6.92 Å². The summed E-state index contributed by atoms with van der Waals surface area (Å²) in [5, 5.41) is 6.89. The molecule has 4 aromatic rings. The van der Waals surface area contributed by atoms with Crippen LogP contribution in [0.3, 0.4) is 0 Å². The first-order chi connectivity index (χ1) is 16.0. The van der Waals surface area contributed by atoms with Crippen LogP contribution in [0.25, 0.3) is 17.0 Å². The lowest BCUT2D eigenvalue weighted by Gasteiger charge is -2.12. The molecule has 0 atom stereocenters. The number of fused-ring (bicyclic) bond motifs is 1. The fraction of sp³-hybridized carbons (Fsp3) is 0.111. The number of aromatic amines is 1. The Morgan fingerprint density at radius 2 is 1.64 bits per heavy atom. The van der Waals surface area contributed by atoms with E-state index < -0.39 is 0 Å². The van der Waals surface area contributed by atoms with Gasteiger partial charge in [-0.25, -0.2) is 0 Å². The summed E-state index contributed by atoms with van der Waals surface area (Å²) < 4.78 is 0.879. The van der Waals surface area contributed by atoms with Crippen LogP contribution in [0.5, 0.6) is 0 Å². The Kier molecular flexibility index (Phi) is 7.05. The summed E-state index contributed by atoms with van der Waals surface area (Å²) in [6.07, 6.45) is 2.36. The topological polar surface area (TPSA) is 74.0 Å². The lowest BCUT2D eigenvalue weighted by molar-refractivity contribution is -0.117. The number of carbonyl (C=O) groups is 2. The number of nitrogens with one attached hydrogen (secondary N) is 3. The molecule has 6 heteroatoms. The number of aryl methyl sites for hydroxylation is 1. The molecule has 1 aromatic heterocycles. The van der Waals surface area contributed by atoms with Crippen LogP contribution in [0.2, 0.25) is 0 Å². The van der Waals surface area contributed by atoms with Gasteiger partial charge in [-0.2, -0.15) is 0 Å². The number of hydrogen-bond acceptors (Lipinski definition) is 2. The van der Waals surface area contributed by atoms with Gasteiger partial charge in [0.2, 0.25) is 0 Å². The van der Waals surface area contributed by atoms with E-state index in [0.717, 1.165) is 26.6 Å². The van der Waals surface area contributed by atoms with Crippen molar-refractivity contribution in [3.05, 3.63) is 111 Å². The molecule has 1 heterocycles. The molecule has 0 fully saturated rings. The Morgan fingerprint density at radius 1 is 0.939 bits per heavy atom. The predicted octanol–water partition coefficient (Wildman–Crippen LogP) is 5.37. The van der Waals surface area contributed by atoms with E-state index in [1.165, 1.54) is 5.56 Å². The summed E-state index contributed by atoms with van der Waals surface area (Å²) in [6, 6.07) is 24.6. The Labute approximate surface area is 201 Å². The SMILES string of the molecule is Cc1[nH]c2ccccc2c1CCNC(=O)C(=Cc1ccccc1)NC(=O)c1ccc(Br)cc1. The molecule has 5 nitrogen and oxygen atoms in total. The summed E-state index contributed by atoms with van der Waals surface area (Å²) in [6.45, 7) is 2.48. The van der Waals surface area contributed by atoms with Crippen molar-refractivity contribution in [3.8, 4) is 0 Å². The lowest BCUT2D eigenvalue weighted by atomic mass is 10.1. The molecule has 0 unspecified atom stereocenters. The Bertz CT molecular complexity index is 1310. The van der Waals surface area contributed by atoms with Gasteiger partial charge >= 0.3 is 0 Å². The van der Waals surface area contributed by atoms with Crippen LogP contribution in [-0.4, -0.2) is 23.3 Å². The second-order valence-corrected chi connectivity index (χ2v) is 8.63. The van der Waals surface area contributed by atoms with Crippen LogP contribution in [0.1, 0.15) is 27.2 Å². The minimum Gasteiger partial charge on any atom is -0.358 e. The first kappa shape index (κ1) is 22.6. The molecule has 0 bridgehead atoms. The van der Waals surface area contributed by atoms with Gasteiger partial charge in [0, 0.05) is 33.2 Å². The molecule has 0 spiro atoms. The van der Waals surface area contributed by atoms with Crippen LogP contribution in [0.15, 0.2) is 89.0 Å². The van der Waals surface area contributed by atoms with Gasteiger partial charge in [-0.1, -0.05) is 64.5 Å². The zero-order valence-electron chi connectivity index (χ0n) is 18.2. The van der Waals surface area contributed by atoms with Gasteiger partial charge in [0.05, 0.1) is 0 Å². The molecular formula is C27H24BrN3O2. The van der Waals surface area contributed by atoms with Gasteiger partial charge in [0.15, 0.2) is 0 Å². The van der Waals surface area contributed by atoms with Crippen molar-refractivity contribution in [1.82, 2.24) is 15.6 Å². The van der Waals surface area contributed by atoms with Gasteiger partial charge in [-0.15, -0.1) is 0 Å². The highest BCUT2D eigenvalue weighted by molar-refractivity contribution is 9.10. The predicted molar refractivity (Wildman–Crippen MR) is 136 cm³/mol. The Balaban J connectivity index is 1.49. The summed E-state index contributed by atoms with van der Waals surface area (Å²) in [5.74, 6) is -0.672. The van der Waals surface area contributed by atoms with Crippen molar-refractivity contribution in [2.75, 3.05) is 6.54 Å². The largest absolute Gasteiger partial charge is 0.358 e. The van der Waals surface area contributed by atoms with Crippen LogP contribution >= 0.6 is 15.9 Å². The van der Waals surface area contributed by atoms with Gasteiger partial charge < -0.3 is 15.6 Å². The average Bonchev–Trinajstić information content (AvgIpc) is 3.14. The maximum absolute atomic E-state index is 13.0. The molecule has 0 aliphatic rings. The lowest BCUT2D eigenvalue weighted by Crippen LogP contribution is -2.35. The van der Waals surface area contributed by atoms with E-state index in [-0.39, 0.29) is 17.5 Å². The zero-order valence-corrected chi connectivity index (χ0v) is 19.8. The molecule has 4 rings (SSSR count). The number of amides is 2. The number of benzene rings is 3. The van der Waals surface area contributed by atoms with E-state index in [2.05, 4.69) is 37.6 Å². The Morgan fingerprint density at radius 3 is 2.39 bits per heavy atom. The van der Waals surface area contributed by atoms with Crippen molar-refractivity contribution in [2.24, 2.45) is 0 Å². The zero-order chi connectivity index (χ0) is 23.2.